The molecule has 1 heterocycles. The molecule has 2 unspecified atom stereocenters. The summed E-state index contributed by atoms with van der Waals surface area (Å²) >= 11 is 0. The standard InChI is InChI=1S/C15H31N3O/c1-4-9-17-14-7-10-18(12-13(14)5-2)11-8-15(19)16-6-3/h13-14,17H,4-12H2,1-3H3,(H,16,19). The molecule has 1 aliphatic heterocycles. The lowest BCUT2D eigenvalue weighted by Crippen LogP contribution is -2.49. The molecule has 1 rings (SSSR count). The molecule has 0 radical (unpaired) electrons. The smallest absolute Gasteiger partial charge is 0.221 e. The quantitative estimate of drug-likeness (QED) is 0.704. The van der Waals surface area contributed by atoms with Crippen molar-refractivity contribution in [3.63, 3.8) is 0 Å². The fourth-order valence-electron chi connectivity index (χ4n) is 2.87. The fourth-order valence-corrected chi connectivity index (χ4v) is 2.87. The van der Waals surface area contributed by atoms with Crippen LogP contribution in [0.5, 0.6) is 0 Å². The Morgan fingerprint density at radius 3 is 2.74 bits per heavy atom. The minimum absolute atomic E-state index is 0.182. The van der Waals surface area contributed by atoms with Crippen LogP contribution in [0.4, 0.5) is 0 Å². The number of carbonyl (C=O) groups is 1. The van der Waals surface area contributed by atoms with Crippen molar-refractivity contribution in [3.8, 4) is 0 Å². The van der Waals surface area contributed by atoms with Gasteiger partial charge in [-0.1, -0.05) is 20.3 Å². The van der Waals surface area contributed by atoms with E-state index < -0.39 is 0 Å². The summed E-state index contributed by atoms with van der Waals surface area (Å²) in [4.78, 5) is 13.9. The summed E-state index contributed by atoms with van der Waals surface area (Å²) in [5.41, 5.74) is 0. The average molecular weight is 269 g/mol. The number of nitrogens with zero attached hydrogens (tertiary/aromatic N) is 1. The van der Waals surface area contributed by atoms with Crippen molar-refractivity contribution in [1.29, 1.82) is 0 Å². The zero-order valence-electron chi connectivity index (χ0n) is 12.9. The van der Waals surface area contributed by atoms with Crippen molar-refractivity contribution in [3.05, 3.63) is 0 Å². The fraction of sp³-hybridized carbons (Fsp3) is 0.933. The van der Waals surface area contributed by atoms with Crippen LogP contribution >= 0.6 is 0 Å². The van der Waals surface area contributed by atoms with Crippen LogP contribution in [-0.4, -0.2) is 49.6 Å². The van der Waals surface area contributed by atoms with E-state index in [1.165, 1.54) is 19.3 Å². The number of carbonyl (C=O) groups excluding carboxylic acids is 1. The van der Waals surface area contributed by atoms with Crippen molar-refractivity contribution < 1.29 is 4.79 Å². The molecule has 0 saturated carbocycles. The van der Waals surface area contributed by atoms with Crippen molar-refractivity contribution in [2.45, 2.75) is 52.5 Å². The third kappa shape index (κ3) is 5.91. The summed E-state index contributed by atoms with van der Waals surface area (Å²) in [7, 11) is 0. The molecular formula is C15H31N3O. The van der Waals surface area contributed by atoms with Gasteiger partial charge in [-0.15, -0.1) is 0 Å². The van der Waals surface area contributed by atoms with Crippen molar-refractivity contribution in [2.75, 3.05) is 32.7 Å². The molecule has 1 aliphatic rings. The molecule has 2 N–H and O–H groups in total. The first kappa shape index (κ1) is 16.4. The van der Waals surface area contributed by atoms with Gasteiger partial charge in [0.2, 0.25) is 5.91 Å². The molecule has 112 valence electrons. The normalized spacial score (nSPS) is 24.4. The zero-order chi connectivity index (χ0) is 14.1. The molecule has 0 bridgehead atoms. The molecule has 0 aromatic carbocycles. The lowest BCUT2D eigenvalue weighted by atomic mass is 9.89. The van der Waals surface area contributed by atoms with Crippen LogP contribution in [0.3, 0.4) is 0 Å². The molecule has 4 nitrogen and oxygen atoms in total. The number of hydrogen-bond acceptors (Lipinski definition) is 3. The highest BCUT2D eigenvalue weighted by atomic mass is 16.1. The number of piperidine rings is 1. The predicted molar refractivity (Wildman–Crippen MR) is 80.2 cm³/mol. The summed E-state index contributed by atoms with van der Waals surface area (Å²) in [6.45, 7) is 11.5. The Kier molecular flexibility index (Phi) is 8.07. The molecule has 4 heteroatoms. The third-order valence-corrected chi connectivity index (χ3v) is 4.03. The van der Waals surface area contributed by atoms with E-state index in [1.54, 1.807) is 0 Å². The predicted octanol–water partition coefficient (Wildman–Crippen LogP) is 1.61. The van der Waals surface area contributed by atoms with E-state index in [4.69, 9.17) is 0 Å². The summed E-state index contributed by atoms with van der Waals surface area (Å²) in [5, 5.41) is 6.54. The highest BCUT2D eigenvalue weighted by Crippen LogP contribution is 2.20. The Morgan fingerprint density at radius 2 is 2.11 bits per heavy atom. The number of rotatable bonds is 8. The minimum Gasteiger partial charge on any atom is -0.356 e. The molecule has 0 aromatic heterocycles. The minimum atomic E-state index is 0.182. The first-order valence-electron chi connectivity index (χ1n) is 7.93. The van der Waals surface area contributed by atoms with Crippen LogP contribution in [0.15, 0.2) is 0 Å². The molecule has 1 fully saturated rings. The first-order chi connectivity index (χ1) is 9.21. The van der Waals surface area contributed by atoms with Gasteiger partial charge in [0, 0.05) is 32.1 Å². The van der Waals surface area contributed by atoms with Crippen molar-refractivity contribution in [1.82, 2.24) is 15.5 Å². The van der Waals surface area contributed by atoms with Crippen LogP contribution in [0.1, 0.15) is 46.5 Å². The highest BCUT2D eigenvalue weighted by Gasteiger charge is 2.27. The van der Waals surface area contributed by atoms with E-state index in [0.29, 0.717) is 12.5 Å². The number of hydrogen-bond donors (Lipinski definition) is 2. The van der Waals surface area contributed by atoms with E-state index in [0.717, 1.165) is 38.6 Å². The molecule has 19 heavy (non-hydrogen) atoms. The van der Waals surface area contributed by atoms with Gasteiger partial charge < -0.3 is 15.5 Å². The Labute approximate surface area is 118 Å². The van der Waals surface area contributed by atoms with E-state index >= 15 is 0 Å². The molecule has 1 amide bonds. The van der Waals surface area contributed by atoms with Gasteiger partial charge in [-0.25, -0.2) is 0 Å². The summed E-state index contributed by atoms with van der Waals surface area (Å²) in [6, 6.07) is 0.672. The van der Waals surface area contributed by atoms with Crippen LogP contribution in [0.25, 0.3) is 0 Å². The van der Waals surface area contributed by atoms with Gasteiger partial charge in [0.05, 0.1) is 0 Å². The Bertz CT molecular complexity index is 258. The van der Waals surface area contributed by atoms with Gasteiger partial charge in [-0.3, -0.25) is 4.79 Å². The molecule has 1 saturated heterocycles. The summed E-state index contributed by atoms with van der Waals surface area (Å²) in [6.07, 6.45) is 4.28. The van der Waals surface area contributed by atoms with E-state index in [-0.39, 0.29) is 5.91 Å². The highest BCUT2D eigenvalue weighted by molar-refractivity contribution is 5.75. The first-order valence-corrected chi connectivity index (χ1v) is 7.93. The van der Waals surface area contributed by atoms with Crippen LogP contribution in [-0.2, 0) is 4.79 Å². The van der Waals surface area contributed by atoms with Crippen molar-refractivity contribution in [2.24, 2.45) is 5.92 Å². The maximum absolute atomic E-state index is 11.5. The van der Waals surface area contributed by atoms with Gasteiger partial charge in [-0.2, -0.15) is 0 Å². The molecular weight excluding hydrogens is 238 g/mol. The van der Waals surface area contributed by atoms with E-state index in [1.807, 2.05) is 6.92 Å². The average Bonchev–Trinajstić information content (AvgIpc) is 2.43. The summed E-state index contributed by atoms with van der Waals surface area (Å²) in [5.74, 6) is 0.913. The van der Waals surface area contributed by atoms with Gasteiger partial charge in [0.1, 0.15) is 0 Å². The zero-order valence-corrected chi connectivity index (χ0v) is 12.9. The second-order valence-electron chi connectivity index (χ2n) is 5.52. The number of likely N-dealkylation sites (tertiary alicyclic amines) is 1. The molecule has 2 atom stereocenters. The van der Waals surface area contributed by atoms with Gasteiger partial charge in [0.25, 0.3) is 0 Å². The monoisotopic (exact) mass is 269 g/mol. The van der Waals surface area contributed by atoms with E-state index in [2.05, 4.69) is 29.4 Å². The lowest BCUT2D eigenvalue weighted by Gasteiger charge is -2.38. The van der Waals surface area contributed by atoms with Gasteiger partial charge in [0.15, 0.2) is 0 Å². The summed E-state index contributed by atoms with van der Waals surface area (Å²) < 4.78 is 0. The topological polar surface area (TPSA) is 44.4 Å². The SMILES string of the molecule is CCCNC1CCN(CCC(=O)NCC)CC1CC. The molecule has 0 spiro atoms. The second-order valence-corrected chi connectivity index (χ2v) is 5.52. The maximum Gasteiger partial charge on any atom is 0.221 e. The van der Waals surface area contributed by atoms with Crippen LogP contribution < -0.4 is 10.6 Å². The van der Waals surface area contributed by atoms with Crippen molar-refractivity contribution >= 4 is 5.91 Å². The van der Waals surface area contributed by atoms with Crippen LogP contribution in [0, 0.1) is 5.92 Å². The lowest BCUT2D eigenvalue weighted by molar-refractivity contribution is -0.121. The number of amides is 1. The molecule has 0 aromatic rings. The third-order valence-electron chi connectivity index (χ3n) is 4.03. The Morgan fingerprint density at radius 1 is 1.32 bits per heavy atom. The molecule has 0 aliphatic carbocycles. The Hall–Kier alpha value is -0.610. The van der Waals surface area contributed by atoms with Crippen LogP contribution in [0.2, 0.25) is 0 Å². The largest absolute Gasteiger partial charge is 0.356 e. The van der Waals surface area contributed by atoms with Gasteiger partial charge >= 0.3 is 0 Å². The maximum atomic E-state index is 11.5. The number of nitrogens with one attached hydrogen (secondary N) is 2. The Balaban J connectivity index is 2.30. The van der Waals surface area contributed by atoms with E-state index in [9.17, 15) is 4.79 Å². The van der Waals surface area contributed by atoms with Gasteiger partial charge in [-0.05, 0) is 38.8 Å². The second kappa shape index (κ2) is 9.32.